The molecule has 1 heterocycles. The van der Waals surface area contributed by atoms with Crippen molar-refractivity contribution >= 4 is 20.2 Å². The maximum absolute atomic E-state index is 6.03. The minimum atomic E-state index is -1.63. The van der Waals surface area contributed by atoms with Crippen LogP contribution in [0.15, 0.2) is 41.8 Å². The van der Waals surface area contributed by atoms with Crippen LogP contribution in [-0.4, -0.2) is 24.1 Å². The summed E-state index contributed by atoms with van der Waals surface area (Å²) in [5.74, 6) is 0.842. The summed E-state index contributed by atoms with van der Waals surface area (Å²) in [6.45, 7) is 6.48. The van der Waals surface area contributed by atoms with Gasteiger partial charge in [-0.1, -0.05) is 12.1 Å². The van der Waals surface area contributed by atoms with Crippen LogP contribution in [0.3, 0.4) is 0 Å². The van der Waals surface area contributed by atoms with E-state index in [-0.39, 0.29) is 0 Å². The molecule has 1 aromatic carbocycles. The van der Waals surface area contributed by atoms with Crippen molar-refractivity contribution in [2.24, 2.45) is 12.0 Å². The van der Waals surface area contributed by atoms with Crippen LogP contribution in [0.5, 0.6) is 5.75 Å². The molecule has 0 amide bonds. The smallest absolute Gasteiger partial charge is 0.242 e. The van der Waals surface area contributed by atoms with Crippen LogP contribution in [0.2, 0.25) is 19.6 Å². The molecule has 19 heavy (non-hydrogen) atoms. The zero-order valence-electron chi connectivity index (χ0n) is 11.8. The van der Waals surface area contributed by atoms with E-state index in [0.29, 0.717) is 0 Å². The van der Waals surface area contributed by atoms with E-state index in [2.05, 4.69) is 29.6 Å². The van der Waals surface area contributed by atoms with Gasteiger partial charge in [-0.15, -0.1) is 0 Å². The third-order valence-corrected chi connectivity index (χ3v) is 3.17. The van der Waals surface area contributed by atoms with Gasteiger partial charge < -0.3 is 8.99 Å². The van der Waals surface area contributed by atoms with E-state index in [4.69, 9.17) is 4.43 Å². The molecule has 2 rings (SSSR count). The molecule has 2 aromatic rings. The summed E-state index contributed by atoms with van der Waals surface area (Å²) >= 11 is 0. The molecule has 1 aromatic heterocycles. The first-order valence-corrected chi connectivity index (χ1v) is 9.65. The van der Waals surface area contributed by atoms with Crippen molar-refractivity contribution in [3.8, 4) is 5.75 Å². The summed E-state index contributed by atoms with van der Waals surface area (Å²) in [5.41, 5.74) is 1.68. The van der Waals surface area contributed by atoms with Gasteiger partial charge in [0.1, 0.15) is 11.4 Å². The van der Waals surface area contributed by atoms with Crippen molar-refractivity contribution in [3.05, 3.63) is 42.5 Å². The average Bonchev–Trinajstić information content (AvgIpc) is 2.72. The number of imidazole rings is 1. The highest BCUT2D eigenvalue weighted by Gasteiger charge is 2.17. The highest BCUT2D eigenvalue weighted by molar-refractivity contribution is 6.70. The molecule has 0 radical (unpaired) electrons. The Morgan fingerprint density at radius 1 is 1.26 bits per heavy atom. The Labute approximate surface area is 114 Å². The van der Waals surface area contributed by atoms with Crippen molar-refractivity contribution < 1.29 is 4.43 Å². The first-order valence-electron chi connectivity index (χ1n) is 6.24. The molecule has 0 spiro atoms. The zero-order chi connectivity index (χ0) is 13.9. The van der Waals surface area contributed by atoms with Gasteiger partial charge in [0.2, 0.25) is 8.32 Å². The van der Waals surface area contributed by atoms with Gasteiger partial charge in [-0.3, -0.25) is 4.99 Å². The number of hydrogen-bond acceptors (Lipinski definition) is 3. The van der Waals surface area contributed by atoms with Crippen LogP contribution in [0.25, 0.3) is 0 Å². The lowest BCUT2D eigenvalue weighted by Crippen LogP contribution is -2.29. The Morgan fingerprint density at radius 3 is 2.63 bits per heavy atom. The van der Waals surface area contributed by atoms with Crippen LogP contribution >= 0.6 is 0 Å². The molecule has 5 heteroatoms. The minimum absolute atomic E-state index is 0.838. The van der Waals surface area contributed by atoms with E-state index in [0.717, 1.165) is 17.1 Å². The topological polar surface area (TPSA) is 39.4 Å². The summed E-state index contributed by atoms with van der Waals surface area (Å²) in [6, 6.07) is 7.84. The molecule has 0 saturated heterocycles. The third-order valence-electron chi connectivity index (χ3n) is 2.34. The second kappa shape index (κ2) is 5.40. The van der Waals surface area contributed by atoms with E-state index >= 15 is 0 Å². The van der Waals surface area contributed by atoms with Crippen LogP contribution in [0, 0.1) is 0 Å². The Hall–Kier alpha value is -1.88. The normalized spacial score (nSPS) is 12.0. The van der Waals surface area contributed by atoms with Gasteiger partial charge in [0, 0.05) is 13.2 Å². The van der Waals surface area contributed by atoms with Gasteiger partial charge in [0.05, 0.1) is 18.2 Å². The number of hydrogen-bond donors (Lipinski definition) is 0. The lowest BCUT2D eigenvalue weighted by atomic mass is 10.3. The maximum Gasteiger partial charge on any atom is 0.242 e. The van der Waals surface area contributed by atoms with Gasteiger partial charge in [-0.2, -0.15) is 0 Å². The standard InChI is InChI=1S/C14H19N3OSi/c1-17-10-12(16-11-17)9-15-13-7-5-6-8-14(13)18-19(2,3)4/h5-11H,1-4H3/b15-9+. The van der Waals surface area contributed by atoms with E-state index in [1.807, 2.05) is 42.1 Å². The molecule has 0 unspecified atom stereocenters. The summed E-state index contributed by atoms with van der Waals surface area (Å²) in [7, 11) is 0.310. The number of rotatable bonds is 4. The van der Waals surface area contributed by atoms with Crippen molar-refractivity contribution in [1.29, 1.82) is 0 Å². The molecule has 0 N–H and O–H groups in total. The molecule has 0 atom stereocenters. The molecule has 0 aliphatic heterocycles. The van der Waals surface area contributed by atoms with Crippen LogP contribution in [0.1, 0.15) is 5.69 Å². The Kier molecular flexibility index (Phi) is 3.85. The quantitative estimate of drug-likeness (QED) is 0.633. The van der Waals surface area contributed by atoms with Crippen LogP contribution < -0.4 is 4.43 Å². The second-order valence-electron chi connectivity index (χ2n) is 5.40. The molecule has 0 aliphatic rings. The summed E-state index contributed by atoms with van der Waals surface area (Å²) in [6.07, 6.45) is 5.43. The lowest BCUT2D eigenvalue weighted by molar-refractivity contribution is 0.559. The molecule has 100 valence electrons. The number of aryl methyl sites for hydroxylation is 1. The monoisotopic (exact) mass is 273 g/mol. The third kappa shape index (κ3) is 4.06. The molecule has 0 fully saturated rings. The Balaban J connectivity index is 2.22. The molecule has 4 nitrogen and oxygen atoms in total. The average molecular weight is 273 g/mol. The van der Waals surface area contributed by atoms with Crippen LogP contribution in [0.4, 0.5) is 5.69 Å². The first kappa shape index (κ1) is 13.5. The predicted molar refractivity (Wildman–Crippen MR) is 80.9 cm³/mol. The molecular weight excluding hydrogens is 254 g/mol. The number of benzene rings is 1. The maximum atomic E-state index is 6.03. The summed E-state index contributed by atoms with van der Waals surface area (Å²) in [5, 5.41) is 0. The van der Waals surface area contributed by atoms with Gasteiger partial charge in [0.15, 0.2) is 0 Å². The highest BCUT2D eigenvalue weighted by Crippen LogP contribution is 2.29. The largest absolute Gasteiger partial charge is 0.543 e. The Morgan fingerprint density at radius 2 is 2.00 bits per heavy atom. The predicted octanol–water partition coefficient (Wildman–Crippen LogP) is 3.38. The molecule has 0 aliphatic carbocycles. The molecule has 0 saturated carbocycles. The number of aromatic nitrogens is 2. The summed E-state index contributed by atoms with van der Waals surface area (Å²) in [4.78, 5) is 8.69. The van der Waals surface area contributed by atoms with E-state index < -0.39 is 8.32 Å². The minimum Gasteiger partial charge on any atom is -0.543 e. The van der Waals surface area contributed by atoms with E-state index in [1.165, 1.54) is 0 Å². The number of aliphatic imine (C=N–C) groups is 1. The SMILES string of the molecule is Cn1cnc(/C=N/c2ccccc2O[Si](C)(C)C)c1. The van der Waals surface area contributed by atoms with Crippen molar-refractivity contribution in [2.45, 2.75) is 19.6 Å². The highest BCUT2D eigenvalue weighted by atomic mass is 28.4. The first-order chi connectivity index (χ1) is 8.94. The zero-order valence-corrected chi connectivity index (χ0v) is 12.8. The summed E-state index contributed by atoms with van der Waals surface area (Å²) < 4.78 is 7.92. The molecular formula is C14H19N3OSi. The Bertz CT molecular complexity index is 584. The van der Waals surface area contributed by atoms with Gasteiger partial charge >= 0.3 is 0 Å². The van der Waals surface area contributed by atoms with Crippen molar-refractivity contribution in [1.82, 2.24) is 9.55 Å². The second-order valence-corrected chi connectivity index (χ2v) is 9.83. The van der Waals surface area contributed by atoms with Crippen LogP contribution in [-0.2, 0) is 7.05 Å². The fraction of sp³-hybridized carbons (Fsp3) is 0.286. The fourth-order valence-corrected chi connectivity index (χ4v) is 2.45. The van der Waals surface area contributed by atoms with E-state index in [9.17, 15) is 0 Å². The van der Waals surface area contributed by atoms with Crippen molar-refractivity contribution in [3.63, 3.8) is 0 Å². The lowest BCUT2D eigenvalue weighted by Gasteiger charge is -2.20. The van der Waals surface area contributed by atoms with Gasteiger partial charge in [0.25, 0.3) is 0 Å². The molecule has 0 bridgehead atoms. The van der Waals surface area contributed by atoms with Crippen molar-refractivity contribution in [2.75, 3.05) is 0 Å². The fourth-order valence-electron chi connectivity index (χ4n) is 1.62. The number of para-hydroxylation sites is 2. The van der Waals surface area contributed by atoms with Gasteiger partial charge in [-0.05, 0) is 31.8 Å². The van der Waals surface area contributed by atoms with Gasteiger partial charge in [-0.25, -0.2) is 4.98 Å². The van der Waals surface area contributed by atoms with E-state index in [1.54, 1.807) is 12.5 Å². The number of nitrogens with zero attached hydrogens (tertiary/aromatic N) is 3.